The molecule has 0 unspecified atom stereocenters. The number of carbonyl (C=O) groups is 1. The van der Waals surface area contributed by atoms with Gasteiger partial charge < -0.3 is 14.2 Å². The van der Waals surface area contributed by atoms with Crippen LogP contribution in [0.2, 0.25) is 5.02 Å². The molecule has 1 amide bonds. The maximum Gasteiger partial charge on any atom is 0.254 e. The van der Waals surface area contributed by atoms with E-state index in [9.17, 15) is 4.79 Å². The first-order valence-electron chi connectivity index (χ1n) is 11.4. The van der Waals surface area contributed by atoms with Crippen molar-refractivity contribution in [3.63, 3.8) is 0 Å². The fraction of sp³-hybridized carbons (Fsp3) is 0.296. The van der Waals surface area contributed by atoms with Gasteiger partial charge in [-0.1, -0.05) is 23.7 Å². The van der Waals surface area contributed by atoms with Crippen molar-refractivity contribution in [2.75, 3.05) is 13.7 Å². The zero-order valence-corrected chi connectivity index (χ0v) is 20.5. The number of benzene rings is 2. The molecule has 0 aliphatic heterocycles. The summed E-state index contributed by atoms with van der Waals surface area (Å²) in [6, 6.07) is 15.5. The molecule has 0 atom stereocenters. The van der Waals surface area contributed by atoms with E-state index in [2.05, 4.69) is 15.6 Å². The van der Waals surface area contributed by atoms with Crippen LogP contribution in [0.3, 0.4) is 0 Å². The lowest BCUT2D eigenvalue weighted by Crippen LogP contribution is -2.27. The molecule has 0 fully saturated rings. The molecule has 0 bridgehead atoms. The van der Waals surface area contributed by atoms with Crippen LogP contribution in [0.15, 0.2) is 60.9 Å². The van der Waals surface area contributed by atoms with Crippen LogP contribution >= 0.6 is 11.6 Å². The molecule has 0 aliphatic carbocycles. The van der Waals surface area contributed by atoms with E-state index in [1.54, 1.807) is 36.5 Å². The van der Waals surface area contributed by atoms with Crippen molar-refractivity contribution in [2.45, 2.75) is 39.8 Å². The SMILES string of the molecule is Cc1cc(OCCCCn2c(CN(C)C(=O)c3ccncc3)nc3ccccc32)cc(C)c1Cl. The maximum atomic E-state index is 12.8. The number of fused-ring (bicyclic) bond motifs is 1. The normalized spacial score (nSPS) is 11.1. The Kier molecular flexibility index (Phi) is 7.48. The van der Waals surface area contributed by atoms with Gasteiger partial charge in [0.1, 0.15) is 11.6 Å². The Morgan fingerprint density at radius 1 is 1.06 bits per heavy atom. The Hall–Kier alpha value is -3.38. The van der Waals surface area contributed by atoms with Crippen molar-refractivity contribution >= 4 is 28.5 Å². The molecule has 0 aliphatic rings. The van der Waals surface area contributed by atoms with Crippen LogP contribution in [-0.4, -0.2) is 39.0 Å². The van der Waals surface area contributed by atoms with Crippen LogP contribution in [0.5, 0.6) is 5.75 Å². The molecule has 4 aromatic rings. The summed E-state index contributed by atoms with van der Waals surface area (Å²) in [5.41, 5.74) is 4.68. The van der Waals surface area contributed by atoms with E-state index in [-0.39, 0.29) is 5.91 Å². The summed E-state index contributed by atoms with van der Waals surface area (Å²) < 4.78 is 8.17. The summed E-state index contributed by atoms with van der Waals surface area (Å²) in [4.78, 5) is 23.3. The van der Waals surface area contributed by atoms with Crippen molar-refractivity contribution in [2.24, 2.45) is 0 Å². The third kappa shape index (κ3) is 5.39. The highest BCUT2D eigenvalue weighted by Crippen LogP contribution is 2.26. The zero-order chi connectivity index (χ0) is 24.1. The monoisotopic (exact) mass is 476 g/mol. The number of aryl methyl sites for hydroxylation is 3. The first-order chi connectivity index (χ1) is 16.4. The molecule has 6 nitrogen and oxygen atoms in total. The second-order valence-corrected chi connectivity index (χ2v) is 8.87. The van der Waals surface area contributed by atoms with Gasteiger partial charge in [-0.25, -0.2) is 4.98 Å². The predicted octanol–water partition coefficient (Wildman–Crippen LogP) is 5.83. The smallest absolute Gasteiger partial charge is 0.254 e. The Morgan fingerprint density at radius 3 is 2.50 bits per heavy atom. The lowest BCUT2D eigenvalue weighted by Gasteiger charge is -2.18. The summed E-state index contributed by atoms with van der Waals surface area (Å²) in [5, 5.41) is 0.791. The zero-order valence-electron chi connectivity index (χ0n) is 19.8. The number of nitrogens with zero attached hydrogens (tertiary/aromatic N) is 4. The van der Waals surface area contributed by atoms with Crippen LogP contribution in [0.4, 0.5) is 0 Å². The number of ether oxygens (including phenoxy) is 1. The highest BCUT2D eigenvalue weighted by Gasteiger charge is 2.17. The van der Waals surface area contributed by atoms with E-state index >= 15 is 0 Å². The maximum absolute atomic E-state index is 12.8. The fourth-order valence-corrected chi connectivity index (χ4v) is 4.16. The van der Waals surface area contributed by atoms with E-state index in [0.717, 1.165) is 58.1 Å². The molecule has 2 aromatic carbocycles. The second kappa shape index (κ2) is 10.7. The highest BCUT2D eigenvalue weighted by molar-refractivity contribution is 6.32. The molecule has 7 heteroatoms. The molecule has 34 heavy (non-hydrogen) atoms. The van der Waals surface area contributed by atoms with Gasteiger partial charge in [0, 0.05) is 36.6 Å². The van der Waals surface area contributed by atoms with Gasteiger partial charge in [0.15, 0.2) is 0 Å². The molecule has 0 saturated carbocycles. The van der Waals surface area contributed by atoms with E-state index in [4.69, 9.17) is 21.3 Å². The minimum Gasteiger partial charge on any atom is -0.494 e. The lowest BCUT2D eigenvalue weighted by molar-refractivity contribution is 0.0780. The Balaban J connectivity index is 1.41. The van der Waals surface area contributed by atoms with Crippen LogP contribution < -0.4 is 4.74 Å². The van der Waals surface area contributed by atoms with Crippen molar-refractivity contribution < 1.29 is 9.53 Å². The number of carbonyl (C=O) groups excluding carboxylic acids is 1. The molecule has 2 aromatic heterocycles. The molecular formula is C27H29ClN4O2. The molecule has 0 saturated heterocycles. The Morgan fingerprint density at radius 2 is 1.76 bits per heavy atom. The first kappa shape index (κ1) is 23.8. The standard InChI is InChI=1S/C27H29ClN4O2/c1-19-16-22(17-20(2)26(19)28)34-15-7-6-14-32-24-9-5-4-8-23(24)30-25(32)18-31(3)27(33)21-10-12-29-13-11-21/h4-5,8-13,16-17H,6-7,14-15,18H2,1-3H3. The minimum atomic E-state index is -0.0528. The van der Waals surface area contributed by atoms with E-state index in [1.165, 1.54) is 0 Å². The Bertz CT molecular complexity index is 1260. The number of unbranched alkanes of at least 4 members (excludes halogenated alkanes) is 1. The molecular weight excluding hydrogens is 448 g/mol. The van der Waals surface area contributed by atoms with Crippen molar-refractivity contribution in [1.82, 2.24) is 19.4 Å². The van der Waals surface area contributed by atoms with Crippen molar-refractivity contribution in [3.05, 3.63) is 88.5 Å². The average Bonchev–Trinajstić information content (AvgIpc) is 3.19. The van der Waals surface area contributed by atoms with Gasteiger partial charge in [-0.15, -0.1) is 0 Å². The Labute approximate surface area is 205 Å². The number of amides is 1. The third-order valence-corrected chi connectivity index (χ3v) is 6.44. The van der Waals surface area contributed by atoms with Gasteiger partial charge >= 0.3 is 0 Å². The number of halogens is 1. The van der Waals surface area contributed by atoms with Gasteiger partial charge in [0.2, 0.25) is 0 Å². The predicted molar refractivity (Wildman–Crippen MR) is 135 cm³/mol. The first-order valence-corrected chi connectivity index (χ1v) is 11.8. The third-order valence-electron chi connectivity index (χ3n) is 5.84. The van der Waals surface area contributed by atoms with E-state index in [0.29, 0.717) is 18.7 Å². The summed E-state index contributed by atoms with van der Waals surface area (Å²) in [7, 11) is 1.80. The summed E-state index contributed by atoms with van der Waals surface area (Å²) in [5.74, 6) is 1.67. The van der Waals surface area contributed by atoms with Gasteiger partial charge in [-0.05, 0) is 74.2 Å². The molecule has 0 N–H and O–H groups in total. The molecule has 2 heterocycles. The van der Waals surface area contributed by atoms with Gasteiger partial charge in [0.25, 0.3) is 5.91 Å². The van der Waals surface area contributed by atoms with Crippen LogP contribution in [0, 0.1) is 13.8 Å². The number of hydrogen-bond donors (Lipinski definition) is 0. The molecule has 0 spiro atoms. The van der Waals surface area contributed by atoms with Crippen LogP contribution in [0.1, 0.15) is 40.2 Å². The summed E-state index contributed by atoms with van der Waals surface area (Å²) >= 11 is 6.25. The molecule has 0 radical (unpaired) electrons. The second-order valence-electron chi connectivity index (χ2n) is 8.49. The van der Waals surface area contributed by atoms with E-state index < -0.39 is 0 Å². The van der Waals surface area contributed by atoms with Crippen molar-refractivity contribution in [1.29, 1.82) is 0 Å². The number of imidazole rings is 1. The van der Waals surface area contributed by atoms with Crippen LogP contribution in [0.25, 0.3) is 11.0 Å². The summed E-state index contributed by atoms with van der Waals surface area (Å²) in [6.45, 7) is 5.84. The van der Waals surface area contributed by atoms with Gasteiger partial charge in [0.05, 0.1) is 24.2 Å². The summed E-state index contributed by atoms with van der Waals surface area (Å²) in [6.07, 6.45) is 5.09. The largest absolute Gasteiger partial charge is 0.494 e. The topological polar surface area (TPSA) is 60.2 Å². The molecule has 176 valence electrons. The number of para-hydroxylation sites is 2. The number of aromatic nitrogens is 3. The number of rotatable bonds is 9. The number of hydrogen-bond acceptors (Lipinski definition) is 4. The fourth-order valence-electron chi connectivity index (χ4n) is 4.05. The van der Waals surface area contributed by atoms with Gasteiger partial charge in [-0.3, -0.25) is 9.78 Å². The lowest BCUT2D eigenvalue weighted by atomic mass is 10.1. The molecule has 4 rings (SSSR count). The van der Waals surface area contributed by atoms with Crippen molar-refractivity contribution in [3.8, 4) is 5.75 Å². The minimum absolute atomic E-state index is 0.0528. The number of pyridine rings is 1. The average molecular weight is 477 g/mol. The van der Waals surface area contributed by atoms with E-state index in [1.807, 2.05) is 44.2 Å². The quantitative estimate of drug-likeness (QED) is 0.285. The van der Waals surface area contributed by atoms with Gasteiger partial charge in [-0.2, -0.15) is 0 Å². The van der Waals surface area contributed by atoms with Crippen LogP contribution in [-0.2, 0) is 13.1 Å². The highest BCUT2D eigenvalue weighted by atomic mass is 35.5.